The van der Waals surface area contributed by atoms with Crippen LogP contribution in [-0.4, -0.2) is 17.2 Å². The van der Waals surface area contributed by atoms with E-state index in [-0.39, 0.29) is 0 Å². The fraction of sp³-hybridized carbons (Fsp3) is 0.455. The Kier molecular flexibility index (Phi) is 3.83. The molecular weight excluding hydrogens is 211 g/mol. The maximum Gasteiger partial charge on any atom is 0.511 e. The molecule has 1 unspecified atom stereocenters. The predicted molar refractivity (Wildman–Crippen MR) is 60.6 cm³/mol. The van der Waals surface area contributed by atoms with E-state index in [1.54, 1.807) is 21.0 Å². The Morgan fingerprint density at radius 3 is 2.53 bits per heavy atom. The van der Waals surface area contributed by atoms with Crippen molar-refractivity contribution in [3.05, 3.63) is 29.8 Å². The van der Waals surface area contributed by atoms with Crippen molar-refractivity contribution in [3.63, 3.8) is 0 Å². The van der Waals surface area contributed by atoms with E-state index in [2.05, 4.69) is 0 Å². The topological polar surface area (TPSA) is 46.5 Å². The first-order chi connectivity index (χ1) is 6.97. The first-order valence-corrected chi connectivity index (χ1v) is 5.97. The van der Waals surface area contributed by atoms with Gasteiger partial charge < -0.3 is 4.74 Å². The Labute approximate surface area is 91.0 Å². The zero-order valence-electron chi connectivity index (χ0n) is 9.23. The van der Waals surface area contributed by atoms with Crippen LogP contribution >= 0.6 is 8.03 Å². The summed E-state index contributed by atoms with van der Waals surface area (Å²) < 4.78 is 16.3. The highest BCUT2D eigenvalue weighted by molar-refractivity contribution is 7.39. The number of hydrogen-bond acceptors (Lipinski definition) is 2. The van der Waals surface area contributed by atoms with Crippen LogP contribution in [0.5, 0.6) is 5.75 Å². The van der Waals surface area contributed by atoms with Gasteiger partial charge in [-0.1, -0.05) is 18.2 Å². The van der Waals surface area contributed by atoms with Crippen LogP contribution in [0.4, 0.5) is 0 Å². The van der Waals surface area contributed by atoms with Crippen LogP contribution < -0.4 is 4.74 Å². The Bertz CT molecular complexity index is 361. The third-order valence-corrected chi connectivity index (χ3v) is 3.53. The summed E-state index contributed by atoms with van der Waals surface area (Å²) in [7, 11) is -0.588. The Morgan fingerprint density at radius 2 is 2.00 bits per heavy atom. The van der Waals surface area contributed by atoms with E-state index in [1.165, 1.54) is 0 Å². The maximum atomic E-state index is 11.1. The van der Waals surface area contributed by atoms with Crippen LogP contribution in [0.25, 0.3) is 0 Å². The summed E-state index contributed by atoms with van der Waals surface area (Å²) in [5, 5.41) is -0.621. The second kappa shape index (κ2) is 4.73. The van der Waals surface area contributed by atoms with Crippen molar-refractivity contribution in [2.24, 2.45) is 0 Å². The lowest BCUT2D eigenvalue weighted by atomic mass is 10.0. The molecule has 1 aromatic rings. The molecule has 1 atom stereocenters. The fourth-order valence-corrected chi connectivity index (χ4v) is 1.69. The molecule has 1 N–H and O–H groups in total. The minimum atomic E-state index is -2.19. The van der Waals surface area contributed by atoms with Crippen molar-refractivity contribution in [2.45, 2.75) is 25.4 Å². The highest BCUT2D eigenvalue weighted by Crippen LogP contribution is 2.38. The fourth-order valence-electron chi connectivity index (χ4n) is 1.38. The standard InChI is InChI=1S/C11H15O3P/c1-11(2,15(12)13)8-9-6-4-5-7-10(9)14-3/h4-7H,8H2,1-3H3/p+1. The van der Waals surface area contributed by atoms with E-state index in [9.17, 15) is 9.46 Å². The highest BCUT2D eigenvalue weighted by Gasteiger charge is 2.39. The lowest BCUT2D eigenvalue weighted by Gasteiger charge is -2.13. The SMILES string of the molecule is COc1ccccc1CC(C)(C)[P+](=O)O. The summed E-state index contributed by atoms with van der Waals surface area (Å²) in [6.07, 6.45) is 0.530. The summed E-state index contributed by atoms with van der Waals surface area (Å²) in [5.74, 6) is 0.766. The average molecular weight is 227 g/mol. The molecule has 0 aromatic heterocycles. The number of hydrogen-bond donors (Lipinski definition) is 1. The lowest BCUT2D eigenvalue weighted by Crippen LogP contribution is -2.18. The second-order valence-corrected chi connectivity index (χ2v) is 5.83. The zero-order valence-corrected chi connectivity index (χ0v) is 10.1. The molecule has 1 aromatic carbocycles. The van der Waals surface area contributed by atoms with E-state index < -0.39 is 13.2 Å². The van der Waals surface area contributed by atoms with E-state index in [1.807, 2.05) is 24.3 Å². The summed E-state index contributed by atoms with van der Waals surface area (Å²) in [4.78, 5) is 9.17. The van der Waals surface area contributed by atoms with E-state index >= 15 is 0 Å². The molecule has 0 amide bonds. The van der Waals surface area contributed by atoms with Crippen molar-refractivity contribution in [1.82, 2.24) is 0 Å². The first-order valence-electron chi connectivity index (χ1n) is 4.75. The molecule has 0 bridgehead atoms. The molecule has 15 heavy (non-hydrogen) atoms. The van der Waals surface area contributed by atoms with Crippen molar-refractivity contribution < 1.29 is 14.2 Å². The molecule has 82 valence electrons. The van der Waals surface area contributed by atoms with Gasteiger partial charge in [-0.2, -0.15) is 4.89 Å². The van der Waals surface area contributed by atoms with E-state index in [0.717, 1.165) is 11.3 Å². The van der Waals surface area contributed by atoms with Gasteiger partial charge in [0.05, 0.1) is 7.11 Å². The molecule has 3 nitrogen and oxygen atoms in total. The highest BCUT2D eigenvalue weighted by atomic mass is 31.1. The van der Waals surface area contributed by atoms with Gasteiger partial charge in [-0.15, -0.1) is 0 Å². The first kappa shape index (κ1) is 12.2. The molecular formula is C11H16O3P+. The van der Waals surface area contributed by atoms with E-state index in [4.69, 9.17) is 4.74 Å². The van der Waals surface area contributed by atoms with Crippen LogP contribution in [0.1, 0.15) is 19.4 Å². The normalized spacial score (nSPS) is 12.4. The van der Waals surface area contributed by atoms with E-state index in [0.29, 0.717) is 6.42 Å². The summed E-state index contributed by atoms with van der Waals surface area (Å²) in [6.45, 7) is 3.55. The lowest BCUT2D eigenvalue weighted by molar-refractivity contribution is 0.405. The number of methoxy groups -OCH3 is 1. The Morgan fingerprint density at radius 1 is 1.40 bits per heavy atom. The molecule has 0 aliphatic carbocycles. The Hall–Kier alpha value is -0.920. The number of ether oxygens (including phenoxy) is 1. The number of para-hydroxylation sites is 1. The maximum absolute atomic E-state index is 11.1. The van der Waals surface area contributed by atoms with Crippen LogP contribution in [0, 0.1) is 0 Å². The van der Waals surface area contributed by atoms with Gasteiger partial charge in [-0.05, 0) is 30.0 Å². The second-order valence-electron chi connectivity index (χ2n) is 4.07. The summed E-state index contributed by atoms with van der Waals surface area (Å²) in [6, 6.07) is 7.56. The van der Waals surface area contributed by atoms with Gasteiger partial charge in [0.25, 0.3) is 0 Å². The molecule has 1 rings (SSSR count). The van der Waals surface area contributed by atoms with Gasteiger partial charge in [0.15, 0.2) is 5.16 Å². The Balaban J connectivity index is 2.94. The molecule has 0 saturated carbocycles. The summed E-state index contributed by atoms with van der Waals surface area (Å²) in [5.41, 5.74) is 0.961. The van der Waals surface area contributed by atoms with Crippen LogP contribution in [0.3, 0.4) is 0 Å². The quantitative estimate of drug-likeness (QED) is 0.804. The minimum Gasteiger partial charge on any atom is -0.496 e. The van der Waals surface area contributed by atoms with Gasteiger partial charge in [-0.3, -0.25) is 0 Å². The third kappa shape index (κ3) is 3.01. The van der Waals surface area contributed by atoms with Crippen LogP contribution in [0.15, 0.2) is 24.3 Å². The number of rotatable bonds is 4. The minimum absolute atomic E-state index is 0.530. The summed E-state index contributed by atoms with van der Waals surface area (Å²) >= 11 is 0. The molecule has 0 aliphatic rings. The van der Waals surface area contributed by atoms with Gasteiger partial charge in [0.2, 0.25) is 0 Å². The number of benzene rings is 1. The van der Waals surface area contributed by atoms with Gasteiger partial charge in [0.1, 0.15) is 5.75 Å². The van der Waals surface area contributed by atoms with Gasteiger partial charge in [-0.25, -0.2) is 0 Å². The molecule has 0 heterocycles. The molecule has 0 saturated heterocycles. The van der Waals surface area contributed by atoms with Gasteiger partial charge >= 0.3 is 8.03 Å². The predicted octanol–water partition coefficient (Wildman–Crippen LogP) is 2.75. The molecule has 0 spiro atoms. The van der Waals surface area contributed by atoms with Crippen molar-refractivity contribution in [3.8, 4) is 5.75 Å². The monoisotopic (exact) mass is 227 g/mol. The average Bonchev–Trinajstić information content (AvgIpc) is 2.18. The largest absolute Gasteiger partial charge is 0.511 e. The molecule has 0 radical (unpaired) electrons. The van der Waals surface area contributed by atoms with Crippen LogP contribution in [-0.2, 0) is 11.0 Å². The third-order valence-electron chi connectivity index (χ3n) is 2.33. The smallest absolute Gasteiger partial charge is 0.496 e. The molecule has 4 heteroatoms. The van der Waals surface area contributed by atoms with Crippen molar-refractivity contribution in [1.29, 1.82) is 0 Å². The zero-order chi connectivity index (χ0) is 11.5. The van der Waals surface area contributed by atoms with Crippen LogP contribution in [0.2, 0.25) is 0 Å². The van der Waals surface area contributed by atoms with Crippen molar-refractivity contribution in [2.75, 3.05) is 7.11 Å². The van der Waals surface area contributed by atoms with Gasteiger partial charge in [0, 0.05) is 6.42 Å². The molecule has 0 fully saturated rings. The molecule has 0 aliphatic heterocycles. The van der Waals surface area contributed by atoms with Crippen molar-refractivity contribution >= 4 is 8.03 Å².